The Morgan fingerprint density at radius 3 is 2.17 bits per heavy atom. The van der Waals surface area contributed by atoms with Gasteiger partial charge in [0.15, 0.2) is 0 Å². The first kappa shape index (κ1) is 18.5. The lowest BCUT2D eigenvalue weighted by Gasteiger charge is -2.20. The molecule has 2 rings (SSSR count). The maximum Gasteiger partial charge on any atom is 0.276 e. The lowest BCUT2D eigenvalue weighted by Crippen LogP contribution is -2.21. The van der Waals surface area contributed by atoms with E-state index in [4.69, 9.17) is 0 Å². The van der Waals surface area contributed by atoms with Crippen LogP contribution in [-0.4, -0.2) is 27.7 Å². The van der Waals surface area contributed by atoms with Crippen molar-refractivity contribution in [1.82, 2.24) is 4.83 Å². The highest BCUT2D eigenvalue weighted by Gasteiger charge is 2.11. The van der Waals surface area contributed by atoms with E-state index < -0.39 is 10.0 Å². The number of rotatable bonds is 7. The summed E-state index contributed by atoms with van der Waals surface area (Å²) >= 11 is 3.27. The van der Waals surface area contributed by atoms with Crippen LogP contribution in [0.1, 0.15) is 19.4 Å². The van der Waals surface area contributed by atoms with Gasteiger partial charge in [-0.2, -0.15) is 13.5 Å². The molecule has 0 radical (unpaired) electrons. The van der Waals surface area contributed by atoms with Gasteiger partial charge < -0.3 is 4.90 Å². The minimum atomic E-state index is -3.65. The molecule has 24 heavy (non-hydrogen) atoms. The molecule has 0 aliphatic heterocycles. The Kier molecular flexibility index (Phi) is 6.39. The number of nitrogens with one attached hydrogen (secondary N) is 1. The highest BCUT2D eigenvalue weighted by molar-refractivity contribution is 9.10. The van der Waals surface area contributed by atoms with Gasteiger partial charge in [-0.25, -0.2) is 4.83 Å². The van der Waals surface area contributed by atoms with E-state index >= 15 is 0 Å². The number of hydrogen-bond donors (Lipinski definition) is 1. The van der Waals surface area contributed by atoms with E-state index in [-0.39, 0.29) is 4.90 Å². The molecule has 2 aromatic carbocycles. The normalized spacial score (nSPS) is 11.6. The van der Waals surface area contributed by atoms with E-state index in [1.54, 1.807) is 12.1 Å². The first-order valence-corrected chi connectivity index (χ1v) is 9.89. The first-order valence-electron chi connectivity index (χ1n) is 7.61. The summed E-state index contributed by atoms with van der Waals surface area (Å²) in [5, 5.41) is 3.84. The maximum absolute atomic E-state index is 12.1. The molecule has 7 heteroatoms. The summed E-state index contributed by atoms with van der Waals surface area (Å²) in [4.78, 5) is 4.62. The minimum absolute atomic E-state index is 0.166. The number of sulfonamides is 1. The molecular weight excluding hydrogens is 390 g/mol. The van der Waals surface area contributed by atoms with Gasteiger partial charge in [0.05, 0.1) is 11.1 Å². The van der Waals surface area contributed by atoms with Gasteiger partial charge in [-0.1, -0.05) is 28.1 Å². The average molecular weight is 410 g/mol. The fourth-order valence-electron chi connectivity index (χ4n) is 2.20. The summed E-state index contributed by atoms with van der Waals surface area (Å²) in [7, 11) is -3.65. The molecule has 0 aromatic heterocycles. The van der Waals surface area contributed by atoms with Gasteiger partial charge in [0, 0.05) is 23.2 Å². The number of halogens is 1. The molecule has 0 saturated heterocycles. The molecule has 0 unspecified atom stereocenters. The Labute approximate surface area is 151 Å². The number of benzene rings is 2. The van der Waals surface area contributed by atoms with Gasteiger partial charge in [0.25, 0.3) is 10.0 Å². The topological polar surface area (TPSA) is 61.8 Å². The molecule has 5 nitrogen and oxygen atoms in total. The number of anilines is 1. The predicted octanol–water partition coefficient (Wildman–Crippen LogP) is 3.61. The number of hydrogen-bond acceptors (Lipinski definition) is 4. The lowest BCUT2D eigenvalue weighted by molar-refractivity contribution is 0.584. The van der Waals surface area contributed by atoms with Gasteiger partial charge in [-0.3, -0.25) is 0 Å². The highest BCUT2D eigenvalue weighted by Crippen LogP contribution is 2.15. The molecule has 0 aliphatic carbocycles. The van der Waals surface area contributed by atoms with E-state index in [0.717, 1.165) is 28.8 Å². The molecule has 0 spiro atoms. The first-order chi connectivity index (χ1) is 11.5. The van der Waals surface area contributed by atoms with Crippen molar-refractivity contribution < 1.29 is 8.42 Å². The van der Waals surface area contributed by atoms with Crippen LogP contribution in [0.25, 0.3) is 0 Å². The van der Waals surface area contributed by atoms with Crippen LogP contribution in [0, 0.1) is 0 Å². The highest BCUT2D eigenvalue weighted by atomic mass is 79.9. The zero-order valence-corrected chi connectivity index (χ0v) is 16.0. The second-order valence-electron chi connectivity index (χ2n) is 5.07. The summed E-state index contributed by atoms with van der Waals surface area (Å²) in [5.41, 5.74) is 1.96. The molecule has 0 fully saturated rings. The molecule has 0 atom stereocenters. The molecule has 0 amide bonds. The fraction of sp³-hybridized carbons (Fsp3) is 0.235. The largest absolute Gasteiger partial charge is 0.372 e. The Morgan fingerprint density at radius 2 is 1.62 bits per heavy atom. The predicted molar refractivity (Wildman–Crippen MR) is 102 cm³/mol. The van der Waals surface area contributed by atoms with E-state index in [1.807, 2.05) is 24.3 Å². The van der Waals surface area contributed by atoms with Gasteiger partial charge in [-0.15, -0.1) is 0 Å². The Bertz CT molecular complexity index is 784. The van der Waals surface area contributed by atoms with Crippen molar-refractivity contribution in [3.05, 3.63) is 58.6 Å². The zero-order valence-electron chi connectivity index (χ0n) is 13.6. The van der Waals surface area contributed by atoms with Gasteiger partial charge in [0.1, 0.15) is 0 Å². The average Bonchev–Trinajstić information content (AvgIpc) is 2.57. The quantitative estimate of drug-likeness (QED) is 0.561. The van der Waals surface area contributed by atoms with Crippen molar-refractivity contribution in [3.8, 4) is 0 Å². The second-order valence-corrected chi connectivity index (χ2v) is 7.65. The van der Waals surface area contributed by atoms with Crippen LogP contribution in [0.5, 0.6) is 0 Å². The van der Waals surface area contributed by atoms with E-state index in [9.17, 15) is 8.42 Å². The number of nitrogens with zero attached hydrogens (tertiary/aromatic N) is 2. The zero-order chi connectivity index (χ0) is 17.6. The lowest BCUT2D eigenvalue weighted by atomic mass is 10.2. The van der Waals surface area contributed by atoms with Crippen molar-refractivity contribution in [2.24, 2.45) is 5.10 Å². The molecule has 0 bridgehead atoms. The molecule has 2 aromatic rings. The van der Waals surface area contributed by atoms with Crippen molar-refractivity contribution >= 4 is 37.9 Å². The van der Waals surface area contributed by atoms with Crippen LogP contribution >= 0.6 is 15.9 Å². The van der Waals surface area contributed by atoms with Crippen molar-refractivity contribution in [2.75, 3.05) is 18.0 Å². The monoisotopic (exact) mass is 409 g/mol. The van der Waals surface area contributed by atoms with Crippen LogP contribution in [0.2, 0.25) is 0 Å². The Balaban J connectivity index is 2.04. The third-order valence-electron chi connectivity index (χ3n) is 3.53. The third kappa shape index (κ3) is 4.82. The molecular formula is C17H20BrN3O2S. The summed E-state index contributed by atoms with van der Waals surface area (Å²) in [5.74, 6) is 0. The maximum atomic E-state index is 12.1. The van der Waals surface area contributed by atoms with Crippen LogP contribution in [-0.2, 0) is 10.0 Å². The summed E-state index contributed by atoms with van der Waals surface area (Å²) < 4.78 is 25.0. The van der Waals surface area contributed by atoms with Gasteiger partial charge in [-0.05, 0) is 55.8 Å². The van der Waals surface area contributed by atoms with Crippen molar-refractivity contribution in [2.45, 2.75) is 18.7 Å². The van der Waals surface area contributed by atoms with Crippen LogP contribution in [0.15, 0.2) is 63.0 Å². The number of hydrazone groups is 1. The Morgan fingerprint density at radius 1 is 1.04 bits per heavy atom. The molecule has 128 valence electrons. The summed E-state index contributed by atoms with van der Waals surface area (Å²) in [6.07, 6.45) is 1.49. The van der Waals surface area contributed by atoms with E-state index in [1.165, 1.54) is 18.3 Å². The second kappa shape index (κ2) is 8.30. The standard InChI is InChI=1S/C17H20BrN3O2S/c1-3-21(4-2)16-9-5-14(6-10-16)13-19-20-24(22,23)17-11-7-15(18)8-12-17/h5-13,20H,3-4H2,1-2H3/b19-13+. The van der Waals surface area contributed by atoms with Crippen LogP contribution in [0.4, 0.5) is 5.69 Å². The van der Waals surface area contributed by atoms with Crippen molar-refractivity contribution in [3.63, 3.8) is 0 Å². The molecule has 0 saturated carbocycles. The molecule has 1 N–H and O–H groups in total. The molecule has 0 aliphatic rings. The van der Waals surface area contributed by atoms with E-state index in [0.29, 0.717) is 0 Å². The fourth-order valence-corrected chi connectivity index (χ4v) is 3.25. The minimum Gasteiger partial charge on any atom is -0.372 e. The van der Waals surface area contributed by atoms with Gasteiger partial charge >= 0.3 is 0 Å². The summed E-state index contributed by atoms with van der Waals surface area (Å²) in [6, 6.07) is 14.2. The van der Waals surface area contributed by atoms with Crippen molar-refractivity contribution in [1.29, 1.82) is 0 Å². The van der Waals surface area contributed by atoms with E-state index in [2.05, 4.69) is 44.6 Å². The van der Waals surface area contributed by atoms with Crippen LogP contribution in [0.3, 0.4) is 0 Å². The summed E-state index contributed by atoms with van der Waals surface area (Å²) in [6.45, 7) is 6.10. The van der Waals surface area contributed by atoms with Gasteiger partial charge in [0.2, 0.25) is 0 Å². The smallest absolute Gasteiger partial charge is 0.276 e. The van der Waals surface area contributed by atoms with Crippen LogP contribution < -0.4 is 9.73 Å². The molecule has 0 heterocycles. The SMILES string of the molecule is CCN(CC)c1ccc(/C=N/NS(=O)(=O)c2ccc(Br)cc2)cc1. The Hall–Kier alpha value is -1.86. The third-order valence-corrected chi connectivity index (χ3v) is 5.30.